The van der Waals surface area contributed by atoms with Gasteiger partial charge in [-0.25, -0.2) is 43.5 Å². The molecule has 30 heteroatoms. The van der Waals surface area contributed by atoms with E-state index in [9.17, 15) is 28.0 Å². The molecule has 0 amide bonds. The van der Waals surface area contributed by atoms with Crippen LogP contribution in [0.4, 0.5) is 8.78 Å². The molecule has 0 aliphatic rings. The topological polar surface area (TPSA) is 329 Å². The maximum atomic E-state index is 13.2. The van der Waals surface area contributed by atoms with Crippen molar-refractivity contribution in [1.82, 2.24) is 29.9 Å². The molecule has 5 aromatic rings. The summed E-state index contributed by atoms with van der Waals surface area (Å²) >= 11 is 8.45. The van der Waals surface area contributed by atoms with Crippen molar-refractivity contribution < 1.29 is 142 Å². The average Bonchev–Trinajstić information content (AvgIpc) is 3.62. The Morgan fingerprint density at radius 3 is 1.40 bits per heavy atom. The van der Waals surface area contributed by atoms with Crippen molar-refractivity contribution in [3.63, 3.8) is 0 Å². The van der Waals surface area contributed by atoms with E-state index in [-0.39, 0.29) is 120 Å². The molecule has 23 nitrogen and oxygen atoms in total. The number of nitrogens with two attached hydrogens (primary N) is 1. The van der Waals surface area contributed by atoms with Crippen LogP contribution in [0.25, 0.3) is 0 Å². The number of hydrogen-bond acceptors (Lipinski definition) is 22. The molecular weight excluding hydrogens is 1410 g/mol. The number of nitrogens with zero attached hydrogens (tertiary/aromatic N) is 6. The van der Waals surface area contributed by atoms with Crippen LogP contribution < -0.4 is 69.6 Å². The Kier molecular flexibility index (Phi) is 61.7. The molecule has 87 heavy (non-hydrogen) atoms. The summed E-state index contributed by atoms with van der Waals surface area (Å²) in [5, 5.41) is 15.4. The second-order valence-corrected chi connectivity index (χ2v) is 20.5. The number of carbonyl (C=O) groups excluding carboxylic acids is 4. The molecule has 0 atom stereocenters. The molecule has 0 bridgehead atoms. The second-order valence-electron chi connectivity index (χ2n) is 17.4. The number of benzene rings is 2. The van der Waals surface area contributed by atoms with Crippen LogP contribution in [0.15, 0.2) is 88.1 Å². The van der Waals surface area contributed by atoms with Gasteiger partial charge in [-0.15, -0.1) is 0 Å². The van der Waals surface area contributed by atoms with Crippen LogP contribution in [0.5, 0.6) is 5.75 Å². The molecule has 3 aromatic heterocycles. The molecule has 3 heterocycles. The predicted octanol–water partition coefficient (Wildman–Crippen LogP) is 4.76. The van der Waals surface area contributed by atoms with Crippen LogP contribution in [0.2, 0.25) is 0 Å². The van der Waals surface area contributed by atoms with Gasteiger partial charge < -0.3 is 65.2 Å². The number of rotatable bonds is 19. The van der Waals surface area contributed by atoms with Gasteiger partial charge in [0.15, 0.2) is 18.5 Å². The first-order valence-electron chi connectivity index (χ1n) is 25.2. The SMILES string of the molecule is CC(C)C(=N)N.CC(C)c1ncc(CO)cn1.CC(C)c1ncc(COc2cc(F)cc(Br)c2)cn1.CCOC=O.COC(=O)CC(OC)OC.COC(=O)c1cnc(C(C)C)nc1.Fc1cc(Br)cc(I)c1.[CH-]=C(C(=O)OC)C(OC)OC.[H-].[Na+].[Na+].[OH-]. The number of halogens is 5. The molecule has 0 aliphatic carbocycles. The minimum absolute atomic E-state index is 0. The maximum absolute atomic E-state index is 13.2. The minimum atomic E-state index is -0.831. The van der Waals surface area contributed by atoms with Crippen molar-refractivity contribution in [3.8, 4) is 5.75 Å². The van der Waals surface area contributed by atoms with Crippen LogP contribution in [-0.2, 0) is 65.5 Å². The first kappa shape index (κ1) is 94.0. The van der Waals surface area contributed by atoms with Crippen molar-refractivity contribution in [2.24, 2.45) is 11.7 Å². The van der Waals surface area contributed by atoms with Crippen LogP contribution in [-0.4, -0.2) is 140 Å². The Bertz CT molecular complexity index is 2580. The number of aliphatic hydroxyl groups is 1. The molecule has 2 aromatic carbocycles. The summed E-state index contributed by atoms with van der Waals surface area (Å²) in [5.74, 6) is 2.29. The summed E-state index contributed by atoms with van der Waals surface area (Å²) in [6.07, 6.45) is 8.54. The number of esters is 3. The maximum Gasteiger partial charge on any atom is 1.00 e. The van der Waals surface area contributed by atoms with Gasteiger partial charge in [-0.05, 0) is 59.8 Å². The van der Waals surface area contributed by atoms with Crippen molar-refractivity contribution in [1.29, 1.82) is 5.41 Å². The van der Waals surface area contributed by atoms with E-state index in [0.717, 1.165) is 36.6 Å². The normalized spacial score (nSPS) is 9.61. The monoisotopic (exact) mass is 1490 g/mol. The first-order chi connectivity index (χ1) is 39.6. The Labute approximate surface area is 586 Å². The fourth-order valence-corrected chi connectivity index (χ4v) is 6.73. The van der Waals surface area contributed by atoms with Crippen LogP contribution in [0.1, 0.15) is 127 Å². The largest absolute Gasteiger partial charge is 1.00 e. The molecule has 5 N–H and O–H groups in total. The number of hydrogen-bond donors (Lipinski definition) is 3. The van der Waals surface area contributed by atoms with Gasteiger partial charge in [0.05, 0.1) is 52.4 Å². The third kappa shape index (κ3) is 47.5. The van der Waals surface area contributed by atoms with Gasteiger partial charge in [-0.2, -0.15) is 0 Å². The molecule has 0 saturated carbocycles. The fourth-order valence-electron chi connectivity index (χ4n) is 4.75. The molecule has 0 aliphatic heterocycles. The molecule has 0 unspecified atom stereocenters. The smallest absolute Gasteiger partial charge is 1.00 e. The first-order valence-corrected chi connectivity index (χ1v) is 27.9. The zero-order chi connectivity index (χ0) is 64.9. The summed E-state index contributed by atoms with van der Waals surface area (Å²) in [5.41, 5.74) is 6.91. The van der Waals surface area contributed by atoms with Crippen LogP contribution >= 0.6 is 54.5 Å². The zero-order valence-corrected chi connectivity index (χ0v) is 62.1. The number of amidine groups is 1. The molecule has 5 rings (SSSR count). The van der Waals surface area contributed by atoms with Gasteiger partial charge in [0.25, 0.3) is 6.47 Å². The summed E-state index contributed by atoms with van der Waals surface area (Å²) < 4.78 is 69.7. The van der Waals surface area contributed by atoms with E-state index in [2.05, 4.69) is 103 Å². The van der Waals surface area contributed by atoms with E-state index in [4.69, 9.17) is 46.5 Å². The van der Waals surface area contributed by atoms with E-state index >= 15 is 0 Å². The molecule has 0 radical (unpaired) electrons. The number of aromatic nitrogens is 6. The van der Waals surface area contributed by atoms with E-state index in [1.54, 1.807) is 37.8 Å². The Hall–Kier alpha value is -4.12. The Morgan fingerprint density at radius 1 is 0.690 bits per heavy atom. The predicted molar refractivity (Wildman–Crippen MR) is 330 cm³/mol. The Morgan fingerprint density at radius 2 is 1.10 bits per heavy atom. The summed E-state index contributed by atoms with van der Waals surface area (Å²) in [7, 11) is 9.59. The number of aliphatic hydroxyl groups excluding tert-OH is 1. The van der Waals surface area contributed by atoms with Crippen molar-refractivity contribution in [3.05, 3.63) is 144 Å². The van der Waals surface area contributed by atoms with Gasteiger partial charge in [0.1, 0.15) is 41.5 Å². The van der Waals surface area contributed by atoms with Gasteiger partial charge >= 0.3 is 71.1 Å². The van der Waals surface area contributed by atoms with Gasteiger partial charge in [0.2, 0.25) is 0 Å². The van der Waals surface area contributed by atoms with Crippen molar-refractivity contribution in [2.75, 3.05) is 56.4 Å². The molecule has 0 saturated heterocycles. The third-order valence-corrected chi connectivity index (χ3v) is 10.9. The number of carbonyl (C=O) groups is 4. The molecule has 0 fully saturated rings. The quantitative estimate of drug-likeness (QED) is 0.00958. The average molecular weight is 1490 g/mol. The Balaban J connectivity index is -0.000000174. The number of ether oxygens (including phenoxy) is 9. The third-order valence-electron chi connectivity index (χ3n) is 9.39. The summed E-state index contributed by atoms with van der Waals surface area (Å²) in [4.78, 5) is 66.2. The van der Waals surface area contributed by atoms with Gasteiger partial charge in [0, 0.05) is 119 Å². The molecule has 478 valence electrons. The molecule has 0 spiro atoms. The second kappa shape index (κ2) is 57.1. The molecular formula is C57H82Br2F2IN8Na2O15-. The van der Waals surface area contributed by atoms with E-state index in [0.29, 0.717) is 47.3 Å². The van der Waals surface area contributed by atoms with Crippen molar-refractivity contribution >= 4 is 84.7 Å². The summed E-state index contributed by atoms with van der Waals surface area (Å²) in [6, 6.07) is 9.20. The van der Waals surface area contributed by atoms with Crippen LogP contribution in [0, 0.1) is 33.1 Å². The van der Waals surface area contributed by atoms with E-state index < -0.39 is 24.5 Å². The van der Waals surface area contributed by atoms with Gasteiger partial charge in [-0.3, -0.25) is 21.6 Å². The number of methoxy groups -OCH3 is 7. The van der Waals surface area contributed by atoms with Gasteiger partial charge in [-0.1, -0.05) is 92.8 Å². The summed E-state index contributed by atoms with van der Waals surface area (Å²) in [6.45, 7) is 24.2. The van der Waals surface area contributed by atoms with E-state index in [1.165, 1.54) is 86.4 Å². The minimum Gasteiger partial charge on any atom is -1.00 e. The number of nitrogens with one attached hydrogen (secondary N) is 1. The zero-order valence-electron chi connectivity index (χ0n) is 53.7. The standard InChI is InChI=1S/C14H14BrFN2O.C9H12N2O2.C8H12N2O.C7H11O4.C6H3BrFI.C6H12O4.C4H10N2.C3H6O2.2Na.H2O.H/c1-9(2)14-17-6-10(7-18-14)8-19-13-4-11(15)3-12(16)5-13;1-6(2)8-10-4-7(5-11-8)9(12)13-3;1-6(2)8-9-3-7(5-11)4-10-8;1-5(6(8)9-2)7(10-3)11-4;7-4-1-5(8)3-6(9)2-4;1-8-5(7)4-6(9-2)10-3;1-3(2)4(5)6;1-2-5-3-4;;;;/h3-7,9H,8H2,1-2H3;4-6H,1-3H3;3-4,6,11H,5H2,1-2H3;1,7H,2-4H3;1-3H;6H,4H2,1-3H3;3H,1-2H3,(H3,5,6);3H,2H2,1H3;;;1H2;/q;;;-1;;;;;2*+1;;-1/p-1. The van der Waals surface area contributed by atoms with Crippen LogP contribution in [0.3, 0.4) is 0 Å². The fraction of sp³-hybridized carbons (Fsp3) is 0.456. The van der Waals surface area contributed by atoms with Crippen molar-refractivity contribution in [2.45, 2.75) is 112 Å². The van der Waals surface area contributed by atoms with E-state index in [1.807, 2.05) is 61.5 Å².